The van der Waals surface area contributed by atoms with Crippen LogP contribution in [0.2, 0.25) is 0 Å². The van der Waals surface area contributed by atoms with E-state index in [4.69, 9.17) is 10.5 Å². The van der Waals surface area contributed by atoms with Crippen LogP contribution in [0.15, 0.2) is 48.5 Å². The topological polar surface area (TPSA) is 52.3 Å². The summed E-state index contributed by atoms with van der Waals surface area (Å²) in [5.41, 5.74) is 8.22. The normalized spacial score (nSPS) is 16.6. The Kier molecular flexibility index (Phi) is 2.11. The summed E-state index contributed by atoms with van der Waals surface area (Å²) in [6.45, 7) is 0. The van der Waals surface area contributed by atoms with Crippen LogP contribution in [0.3, 0.4) is 0 Å². The van der Waals surface area contributed by atoms with Gasteiger partial charge in [-0.2, -0.15) is 0 Å². The first-order valence-electron chi connectivity index (χ1n) is 5.41. The van der Waals surface area contributed by atoms with E-state index in [1.807, 2.05) is 48.5 Å². The van der Waals surface area contributed by atoms with Crippen LogP contribution >= 0.6 is 0 Å². The van der Waals surface area contributed by atoms with Crippen LogP contribution in [-0.4, -0.2) is 5.91 Å². The van der Waals surface area contributed by atoms with Gasteiger partial charge in [-0.15, -0.1) is 0 Å². The fourth-order valence-electron chi connectivity index (χ4n) is 2.16. The number of carbonyl (C=O) groups is 1. The molecule has 1 amide bonds. The maximum atomic E-state index is 11.4. The lowest BCUT2D eigenvalue weighted by Crippen LogP contribution is -2.28. The Morgan fingerprint density at radius 2 is 1.65 bits per heavy atom. The molecule has 0 spiro atoms. The van der Waals surface area contributed by atoms with Crippen molar-refractivity contribution in [1.82, 2.24) is 0 Å². The number of rotatable bonds is 1. The summed E-state index contributed by atoms with van der Waals surface area (Å²) >= 11 is 0. The minimum Gasteiger partial charge on any atom is -0.475 e. The number of hydrogen-bond donors (Lipinski definition) is 1. The van der Waals surface area contributed by atoms with Crippen LogP contribution in [-0.2, 0) is 4.79 Å². The molecule has 3 nitrogen and oxygen atoms in total. The van der Waals surface area contributed by atoms with Gasteiger partial charge in [0.1, 0.15) is 5.75 Å². The van der Waals surface area contributed by atoms with E-state index in [1.54, 1.807) is 0 Å². The molecule has 0 radical (unpaired) electrons. The molecule has 1 atom stereocenters. The fraction of sp³-hybridized carbons (Fsp3) is 0.0714. The van der Waals surface area contributed by atoms with Crippen molar-refractivity contribution in [3.8, 4) is 16.9 Å². The predicted octanol–water partition coefficient (Wildman–Crippen LogP) is 2.27. The summed E-state index contributed by atoms with van der Waals surface area (Å²) in [5.74, 6) is 0.238. The lowest BCUT2D eigenvalue weighted by Gasteiger charge is -2.26. The second kappa shape index (κ2) is 3.63. The minimum atomic E-state index is -0.693. The van der Waals surface area contributed by atoms with Gasteiger partial charge in [0.2, 0.25) is 6.10 Å². The SMILES string of the molecule is NC(=O)C1Oc2ccccc2-c2ccccc21. The third-order valence-corrected chi connectivity index (χ3v) is 2.92. The largest absolute Gasteiger partial charge is 0.475 e. The van der Waals surface area contributed by atoms with E-state index in [2.05, 4.69) is 0 Å². The molecule has 0 saturated carbocycles. The van der Waals surface area contributed by atoms with Crippen LogP contribution in [0.1, 0.15) is 11.7 Å². The van der Waals surface area contributed by atoms with E-state index < -0.39 is 12.0 Å². The summed E-state index contributed by atoms with van der Waals surface area (Å²) in [6, 6.07) is 15.3. The lowest BCUT2D eigenvalue weighted by atomic mass is 9.93. The van der Waals surface area contributed by atoms with E-state index >= 15 is 0 Å². The Labute approximate surface area is 98.8 Å². The fourth-order valence-corrected chi connectivity index (χ4v) is 2.16. The van der Waals surface area contributed by atoms with Gasteiger partial charge in [-0.05, 0) is 11.6 Å². The van der Waals surface area contributed by atoms with Gasteiger partial charge in [-0.25, -0.2) is 0 Å². The van der Waals surface area contributed by atoms with Crippen molar-refractivity contribution >= 4 is 5.91 Å². The molecule has 17 heavy (non-hydrogen) atoms. The molecular formula is C14H11NO2. The molecule has 0 aromatic heterocycles. The molecule has 1 unspecified atom stereocenters. The van der Waals surface area contributed by atoms with E-state index in [-0.39, 0.29) is 0 Å². The van der Waals surface area contributed by atoms with Crippen LogP contribution in [0.4, 0.5) is 0 Å². The third-order valence-electron chi connectivity index (χ3n) is 2.92. The zero-order valence-corrected chi connectivity index (χ0v) is 9.09. The molecule has 84 valence electrons. The van der Waals surface area contributed by atoms with Crippen molar-refractivity contribution in [3.05, 3.63) is 54.1 Å². The molecule has 2 aromatic rings. The molecule has 1 aliphatic heterocycles. The summed E-state index contributed by atoms with van der Waals surface area (Å²) in [6.07, 6.45) is -0.693. The Morgan fingerprint density at radius 1 is 1.00 bits per heavy atom. The second-order valence-corrected chi connectivity index (χ2v) is 3.98. The highest BCUT2D eigenvalue weighted by Gasteiger charge is 2.29. The summed E-state index contributed by atoms with van der Waals surface area (Å²) in [5, 5.41) is 0. The number of primary amides is 1. The van der Waals surface area contributed by atoms with Crippen molar-refractivity contribution in [2.24, 2.45) is 5.73 Å². The van der Waals surface area contributed by atoms with Crippen molar-refractivity contribution in [1.29, 1.82) is 0 Å². The number of carbonyl (C=O) groups excluding carboxylic acids is 1. The van der Waals surface area contributed by atoms with Crippen molar-refractivity contribution < 1.29 is 9.53 Å². The predicted molar refractivity (Wildman–Crippen MR) is 64.4 cm³/mol. The number of amides is 1. The van der Waals surface area contributed by atoms with E-state index in [0.29, 0.717) is 5.75 Å². The molecule has 2 N–H and O–H groups in total. The highest BCUT2D eigenvalue weighted by atomic mass is 16.5. The molecule has 0 saturated heterocycles. The lowest BCUT2D eigenvalue weighted by molar-refractivity contribution is -0.125. The molecule has 3 rings (SSSR count). The monoisotopic (exact) mass is 225 g/mol. The summed E-state index contributed by atoms with van der Waals surface area (Å²) in [4.78, 5) is 11.4. The van der Waals surface area contributed by atoms with Gasteiger partial charge in [-0.1, -0.05) is 42.5 Å². The van der Waals surface area contributed by atoms with Crippen molar-refractivity contribution in [2.45, 2.75) is 6.10 Å². The number of fused-ring (bicyclic) bond motifs is 3. The number of hydrogen-bond acceptors (Lipinski definition) is 2. The average molecular weight is 225 g/mol. The third kappa shape index (κ3) is 1.47. The zero-order valence-electron chi connectivity index (χ0n) is 9.09. The Morgan fingerprint density at radius 3 is 2.41 bits per heavy atom. The van der Waals surface area contributed by atoms with Gasteiger partial charge in [-0.3, -0.25) is 4.79 Å². The summed E-state index contributed by atoms with van der Waals surface area (Å²) < 4.78 is 5.65. The molecule has 0 aliphatic carbocycles. The zero-order chi connectivity index (χ0) is 11.8. The highest BCUT2D eigenvalue weighted by molar-refractivity contribution is 5.87. The number of benzene rings is 2. The van der Waals surface area contributed by atoms with Crippen molar-refractivity contribution in [3.63, 3.8) is 0 Å². The first-order chi connectivity index (χ1) is 8.27. The maximum absolute atomic E-state index is 11.4. The smallest absolute Gasteiger partial charge is 0.263 e. The minimum absolute atomic E-state index is 0.466. The molecule has 3 heteroatoms. The molecule has 2 aromatic carbocycles. The Balaban J connectivity index is 2.26. The van der Waals surface area contributed by atoms with E-state index in [0.717, 1.165) is 16.7 Å². The molecule has 0 bridgehead atoms. The number of nitrogens with two attached hydrogens (primary N) is 1. The molecular weight excluding hydrogens is 214 g/mol. The highest BCUT2D eigenvalue weighted by Crippen LogP contribution is 2.41. The van der Waals surface area contributed by atoms with Crippen LogP contribution in [0.5, 0.6) is 5.75 Å². The van der Waals surface area contributed by atoms with E-state index in [9.17, 15) is 4.79 Å². The van der Waals surface area contributed by atoms with Crippen molar-refractivity contribution in [2.75, 3.05) is 0 Å². The molecule has 0 fully saturated rings. The van der Waals surface area contributed by atoms with Gasteiger partial charge < -0.3 is 10.5 Å². The molecule has 1 aliphatic rings. The van der Waals surface area contributed by atoms with Gasteiger partial charge in [0, 0.05) is 11.1 Å². The first kappa shape index (κ1) is 9.90. The van der Waals surface area contributed by atoms with Gasteiger partial charge in [0.15, 0.2) is 0 Å². The number of ether oxygens (including phenoxy) is 1. The maximum Gasteiger partial charge on any atom is 0.263 e. The van der Waals surface area contributed by atoms with Crippen LogP contribution < -0.4 is 10.5 Å². The van der Waals surface area contributed by atoms with Crippen LogP contribution in [0, 0.1) is 0 Å². The van der Waals surface area contributed by atoms with Gasteiger partial charge in [0.25, 0.3) is 5.91 Å². The molecule has 1 heterocycles. The quantitative estimate of drug-likeness (QED) is 0.809. The van der Waals surface area contributed by atoms with E-state index in [1.165, 1.54) is 0 Å². The average Bonchev–Trinajstić information content (AvgIpc) is 2.37. The summed E-state index contributed by atoms with van der Waals surface area (Å²) in [7, 11) is 0. The Bertz CT molecular complexity index is 592. The standard InChI is InChI=1S/C14H11NO2/c15-14(16)13-11-7-2-1-5-9(11)10-6-3-4-8-12(10)17-13/h1-8,13H,(H2,15,16). The first-order valence-corrected chi connectivity index (χ1v) is 5.41. The number of para-hydroxylation sites is 1. The van der Waals surface area contributed by atoms with Gasteiger partial charge in [0.05, 0.1) is 0 Å². The van der Waals surface area contributed by atoms with Crippen LogP contribution in [0.25, 0.3) is 11.1 Å². The second-order valence-electron chi connectivity index (χ2n) is 3.98. The van der Waals surface area contributed by atoms with Gasteiger partial charge >= 0.3 is 0 Å². The Hall–Kier alpha value is -2.29.